The van der Waals surface area contributed by atoms with Crippen LogP contribution in [0.15, 0.2) is 103 Å². The highest BCUT2D eigenvalue weighted by Gasteiger charge is 2.81. The molecule has 3 saturated heterocycles. The predicted octanol–water partition coefficient (Wildman–Crippen LogP) is 7.44. The lowest BCUT2D eigenvalue weighted by Crippen LogP contribution is -2.81. The van der Waals surface area contributed by atoms with Crippen LogP contribution < -0.4 is 36.4 Å². The van der Waals surface area contributed by atoms with E-state index >= 15 is 4.79 Å². The maximum absolute atomic E-state index is 15.2. The number of Topliss-reactive ketones (excluding diaryl/α,β-unsaturated/α-hetero) is 2. The van der Waals surface area contributed by atoms with Gasteiger partial charge in [-0.25, -0.2) is 29.3 Å². The van der Waals surface area contributed by atoms with Gasteiger partial charge in [0.1, 0.15) is 35.2 Å². The smallest absolute Gasteiger partial charge is 0.344 e. The highest BCUT2D eigenvalue weighted by atomic mass is 35.5. The molecule has 1 spiro atoms. The molecule has 133 heavy (non-hydrogen) atoms. The van der Waals surface area contributed by atoms with Crippen LogP contribution in [0.25, 0.3) is 22.1 Å². The number of halogens is 2. The van der Waals surface area contributed by atoms with E-state index in [-0.39, 0.29) is 84.0 Å². The van der Waals surface area contributed by atoms with Crippen LogP contribution in [0, 0.1) is 39.9 Å². The Kier molecular flexibility index (Phi) is 28.9. The number of aromatic nitrogens is 5. The number of aliphatic carboxylic acids is 2. The Morgan fingerprint density at radius 2 is 1.59 bits per heavy atom. The van der Waals surface area contributed by atoms with Crippen molar-refractivity contribution in [3.8, 4) is 5.75 Å². The number of para-hydroxylation sites is 1. The van der Waals surface area contributed by atoms with E-state index in [1.54, 1.807) is 35.2 Å². The molecule has 6 aromatic rings. The number of esters is 3. The SMILES string of the molecule is CC[C@]1(O)C[C@@H]2CN(CCc3c([nH]c4ccccc34)[C@@](C(=O)OC)(c3ccc4c(c3OC)N(C=O)[C@H]3[C@@](O)(C(=O)OC)[C@H](OC(C)=O)[C@]5(CC)C=CCN6CC[C@]43[C@@H]65)C2)C1.CN(Cc1cnc2nc(N)nc(N)c2n1)c1ccc(C(=O)N[C@@H](CCC(=O)O)C(=O)O)cc1.C[C@]12C=CC(=O)C=C1CC[C@@H]1[C@@H]2C(=O)C[C@@]2(C)[C@H]1CC[C@]2(O)C(=O)CO.O=P1(N(CCCl)CCCl)NCCCO1. The number of nitrogen functional groups attached to an aromatic ring is 2. The number of alkyl halides is 2. The molecule has 18 atom stereocenters. The highest BCUT2D eigenvalue weighted by Crippen LogP contribution is 2.71. The van der Waals surface area contributed by atoms with Crippen LogP contribution >= 0.6 is 30.9 Å². The van der Waals surface area contributed by atoms with Crippen molar-refractivity contribution in [2.75, 3.05) is 127 Å². The molecule has 36 nitrogen and oxygen atoms in total. The molecule has 17 rings (SSSR count). The number of carbonyl (C=O) groups excluding carboxylic acids is 8. The number of ketones is 3. The van der Waals surface area contributed by atoms with Gasteiger partial charge in [0.05, 0.1) is 63.7 Å². The molecule has 5 aliphatic carbocycles. The Balaban J connectivity index is 0.000000163. The number of methoxy groups -OCH3 is 3. The molecule has 7 fully saturated rings. The second-order valence-corrected chi connectivity index (χ2v) is 40.2. The quantitative estimate of drug-likeness (QED) is 0.00700. The topological polar surface area (TPSA) is 515 Å². The lowest BCUT2D eigenvalue weighted by molar-refractivity contribution is -0.228. The van der Waals surface area contributed by atoms with Crippen molar-refractivity contribution in [3.05, 3.63) is 136 Å². The number of aromatic amines is 1. The summed E-state index contributed by atoms with van der Waals surface area (Å²) in [6, 6.07) is 15.2. The number of fused-ring (bicyclic) bond motifs is 12. The van der Waals surface area contributed by atoms with Gasteiger partial charge in [0.15, 0.2) is 34.7 Å². The highest BCUT2D eigenvalue weighted by molar-refractivity contribution is 7.54. The number of aliphatic hydroxyl groups is 4. The number of rotatable bonds is 24. The fourth-order valence-electron chi connectivity index (χ4n) is 24.4. The number of ether oxygens (including phenoxy) is 4. The Morgan fingerprint density at radius 1 is 0.872 bits per heavy atom. The number of aliphatic hydroxyl groups excluding tert-OH is 1. The summed E-state index contributed by atoms with van der Waals surface area (Å²) in [6.07, 6.45) is 15.5. The van der Waals surface area contributed by atoms with Gasteiger partial charge in [0.25, 0.3) is 5.91 Å². The summed E-state index contributed by atoms with van der Waals surface area (Å²) in [7, 11) is 3.02. The predicted molar refractivity (Wildman–Crippen MR) is 492 cm³/mol. The van der Waals surface area contributed by atoms with Crippen molar-refractivity contribution < 1.29 is 107 Å². The van der Waals surface area contributed by atoms with Gasteiger partial charge in [0.2, 0.25) is 18.0 Å². The summed E-state index contributed by atoms with van der Waals surface area (Å²) in [5, 5.41) is 69.8. The van der Waals surface area contributed by atoms with Crippen molar-refractivity contribution in [3.63, 3.8) is 0 Å². The van der Waals surface area contributed by atoms with Crippen LogP contribution in [0.2, 0.25) is 0 Å². The van der Waals surface area contributed by atoms with Crippen molar-refractivity contribution in [2.45, 2.75) is 183 Å². The molecule has 0 radical (unpaired) electrons. The fraction of sp³-hybridized carbons (Fsp3) is 0.553. The van der Waals surface area contributed by atoms with Crippen LogP contribution in [0.1, 0.15) is 157 Å². The minimum Gasteiger partial charge on any atom is -0.494 e. The first-order chi connectivity index (χ1) is 63.3. The maximum atomic E-state index is 15.2. The number of carboxylic acid groups (broad SMARTS) is 2. The Bertz CT molecular complexity index is 5670. The molecular weight excluding hydrogens is 1780 g/mol. The number of benzene rings is 3. The molecular formula is C94H119Cl2N14O22P. The van der Waals surface area contributed by atoms with E-state index < -0.39 is 124 Å². The Hall–Kier alpha value is -10.2. The van der Waals surface area contributed by atoms with Crippen LogP contribution in [0.4, 0.5) is 23.1 Å². The maximum Gasteiger partial charge on any atom is 0.344 e. The van der Waals surface area contributed by atoms with E-state index in [0.717, 1.165) is 53.5 Å². The molecule has 11 aliphatic rings. The number of nitrogens with one attached hydrogen (secondary N) is 3. The van der Waals surface area contributed by atoms with Gasteiger partial charge in [-0.1, -0.05) is 81.8 Å². The second-order valence-electron chi connectivity index (χ2n) is 37.2. The molecule has 3 aromatic heterocycles. The number of hydrogen-bond acceptors (Lipinski definition) is 29. The molecule has 6 aliphatic heterocycles. The molecule has 2 amide bonds. The fourth-order valence-corrected chi connectivity index (χ4v) is 27.0. The molecule has 13 N–H and O–H groups in total. The second kappa shape index (κ2) is 38.9. The monoisotopic (exact) mass is 1900 g/mol. The van der Waals surface area contributed by atoms with E-state index in [4.69, 9.17) is 63.2 Å². The molecule has 9 heterocycles. The van der Waals surface area contributed by atoms with Gasteiger partial charge in [-0.15, -0.1) is 23.2 Å². The summed E-state index contributed by atoms with van der Waals surface area (Å²) in [4.78, 5) is 156. The van der Waals surface area contributed by atoms with Gasteiger partial charge >= 0.3 is 37.5 Å². The standard InChI is InChI=1S/C46H56N4O10.C21H26O5.C20H22N8O5.C7H15Cl2N2O2P/c1-7-42(55)22-28-23-45(40(53)58-5,36-30(16-20-48(24-28)25-42)29-12-9-10-13-33(29)47-36)32-15-14-31-34(35(32)57-4)50(26-51)38-44(31)18-21-49-19-11-17-43(8-2,37(44)49)39(60-27(3)52)46(38,56)41(54)59-6;1-19-7-5-13(23)9-12(19)3-4-14-15-6-8-21(26,17(25)11-22)20(15,2)10-16(24)18(14)19;1-28(9-11-8-23-17-15(24-11)16(21)26-20(22)27-17)12-4-2-10(3-5-12)18(31)25-13(19(32)33)6-7-14(29)30;8-2-5-11(6-3-9)14(12)10-4-1-7-13-14/h9-15,17,26,28,37-39,47,55-56H,7-8,16,18-25H2,1-6H3;5,7,9,14-15,18,22,26H,3-4,6,8,10-11H2,1-2H3;2-5,8,13H,6-7,9H2,1H3,(H,25,31)(H,29,30)(H,32,33)(H4,21,22,23,26,27);1-7H2,(H,10,12)/t28-,37-,38+,39+,42-,43+,44+,45-,46-;14-,15-,18+,19-,20-,21-;13-;/m000./s1. The van der Waals surface area contributed by atoms with E-state index in [1.807, 2.05) is 94.3 Å². The molecule has 716 valence electrons. The third kappa shape index (κ3) is 17.3. The zero-order chi connectivity index (χ0) is 96.0. The summed E-state index contributed by atoms with van der Waals surface area (Å²) in [5.41, 5.74) is 8.47. The Morgan fingerprint density at radius 3 is 2.24 bits per heavy atom. The van der Waals surface area contributed by atoms with Gasteiger partial charge < -0.3 is 85.7 Å². The van der Waals surface area contributed by atoms with Crippen LogP contribution in [-0.4, -0.2) is 276 Å². The molecule has 39 heteroatoms. The zero-order valence-corrected chi connectivity index (χ0v) is 78.5. The lowest BCUT2D eigenvalue weighted by atomic mass is 9.46. The Labute approximate surface area is 779 Å². The van der Waals surface area contributed by atoms with E-state index in [0.29, 0.717) is 161 Å². The number of piperidine rings is 1. The largest absolute Gasteiger partial charge is 0.494 e. The van der Waals surface area contributed by atoms with Crippen LogP contribution in [0.3, 0.4) is 0 Å². The summed E-state index contributed by atoms with van der Waals surface area (Å²) >= 11 is 11.2. The minimum atomic E-state index is -2.84. The minimum absolute atomic E-state index is 0.0138. The summed E-state index contributed by atoms with van der Waals surface area (Å²) in [6.45, 7) is 14.0. The normalized spacial score (nSPS) is 31.5. The first kappa shape index (κ1) is 98.8. The average Bonchev–Trinajstić information content (AvgIpc) is 1.48. The van der Waals surface area contributed by atoms with Crippen molar-refractivity contribution in [1.82, 2.24) is 49.8 Å². The number of amides is 2. The molecule has 2 bridgehead atoms. The summed E-state index contributed by atoms with van der Waals surface area (Å²) in [5.74, 6) is -4.85. The number of carboxylic acids is 2. The van der Waals surface area contributed by atoms with E-state index in [2.05, 4.69) is 45.1 Å². The number of allylic oxidation sites excluding steroid dienone is 4. The van der Waals surface area contributed by atoms with Gasteiger partial charge in [-0.3, -0.25) is 52.7 Å². The van der Waals surface area contributed by atoms with Crippen LogP contribution in [-0.2, 0) is 90.2 Å². The van der Waals surface area contributed by atoms with E-state index in [9.17, 15) is 73.2 Å². The van der Waals surface area contributed by atoms with Crippen LogP contribution in [0.5, 0.6) is 5.75 Å². The molecule has 3 aromatic carbocycles. The van der Waals surface area contributed by atoms with Gasteiger partial charge in [-0.05, 0) is 155 Å². The first-order valence-corrected chi connectivity index (χ1v) is 47.8. The number of hydrogen-bond donors (Lipinski definition) is 11. The first-order valence-electron chi connectivity index (χ1n) is 45.1. The lowest BCUT2D eigenvalue weighted by Gasteiger charge is -2.63. The van der Waals surface area contributed by atoms with Crippen molar-refractivity contribution in [2.24, 2.45) is 39.9 Å². The number of nitrogens with two attached hydrogens (primary N) is 2. The van der Waals surface area contributed by atoms with Gasteiger partial charge in [0, 0.05) is 151 Å². The molecule has 4 saturated carbocycles. The summed E-state index contributed by atoms with van der Waals surface area (Å²) < 4.78 is 43.0. The number of nitrogens with zero attached hydrogens (tertiary/aromatic N) is 9. The molecule has 2 unspecified atom stereocenters. The van der Waals surface area contributed by atoms with E-state index in [1.165, 1.54) is 45.3 Å². The van der Waals surface area contributed by atoms with Gasteiger partial charge in [-0.2, -0.15) is 9.97 Å². The number of H-pyrrole nitrogens is 1. The number of carbonyl (C=O) groups is 10. The van der Waals surface area contributed by atoms with Crippen molar-refractivity contribution in [1.29, 1.82) is 0 Å². The van der Waals surface area contributed by atoms with Crippen molar-refractivity contribution >= 4 is 136 Å². The average molecular weight is 1900 g/mol. The number of anilines is 4. The zero-order valence-electron chi connectivity index (χ0n) is 76.1. The third-order valence-electron chi connectivity index (χ3n) is 30.2. The third-order valence-corrected chi connectivity index (χ3v) is 32.8.